The summed E-state index contributed by atoms with van der Waals surface area (Å²) in [7, 11) is 0. The minimum Gasteiger partial charge on any atom is -0.504 e. The number of phenolic OH excluding ortho intramolecular Hbond substituents is 2. The number of hydrogen-bond donors (Lipinski definition) is 3. The average molecular weight is 429 g/mol. The molecule has 3 fully saturated rings. The summed E-state index contributed by atoms with van der Waals surface area (Å²) >= 11 is 0. The molecule has 3 N–H and O–H groups in total. The summed E-state index contributed by atoms with van der Waals surface area (Å²) in [6.07, 6.45) is 6.91. The van der Waals surface area contributed by atoms with Gasteiger partial charge in [-0.05, 0) is 85.7 Å². The number of benzene rings is 1. The van der Waals surface area contributed by atoms with Crippen LogP contribution in [-0.4, -0.2) is 27.0 Å². The molecule has 5 rings (SSSR count). The smallest absolute Gasteiger partial charge is 0.164 e. The van der Waals surface area contributed by atoms with Gasteiger partial charge in [-0.25, -0.2) is 0 Å². The lowest BCUT2D eigenvalue weighted by atomic mass is 9.37. The van der Waals surface area contributed by atoms with Crippen LogP contribution in [0.4, 0.5) is 0 Å². The topological polar surface area (TPSA) is 69.9 Å². The fraction of sp³-hybridized carbons (Fsp3) is 0.778. The van der Waals surface area contributed by atoms with Crippen LogP contribution in [0, 0.1) is 40.9 Å². The van der Waals surface area contributed by atoms with Gasteiger partial charge < -0.3 is 20.1 Å². The number of aryl methyl sites for hydroxylation is 1. The first-order chi connectivity index (χ1) is 14.4. The fourth-order valence-electron chi connectivity index (χ4n) is 9.13. The van der Waals surface area contributed by atoms with E-state index in [2.05, 4.69) is 34.6 Å². The van der Waals surface area contributed by atoms with E-state index in [1.54, 1.807) is 6.07 Å². The Kier molecular flexibility index (Phi) is 4.38. The molecule has 1 aromatic rings. The lowest BCUT2D eigenvalue weighted by molar-refractivity contribution is -0.238. The molecule has 3 saturated carbocycles. The Labute approximate surface area is 187 Å². The van der Waals surface area contributed by atoms with Crippen molar-refractivity contribution in [3.05, 3.63) is 17.2 Å². The van der Waals surface area contributed by atoms with E-state index in [4.69, 9.17) is 4.74 Å². The highest BCUT2D eigenvalue weighted by Crippen LogP contribution is 2.72. The molecule has 7 atom stereocenters. The van der Waals surface area contributed by atoms with Gasteiger partial charge in [0.1, 0.15) is 11.4 Å². The third kappa shape index (κ3) is 2.46. The van der Waals surface area contributed by atoms with Crippen molar-refractivity contribution < 1.29 is 20.1 Å². The van der Waals surface area contributed by atoms with Crippen molar-refractivity contribution in [2.24, 2.45) is 34.0 Å². The van der Waals surface area contributed by atoms with Gasteiger partial charge in [0, 0.05) is 17.4 Å². The first-order valence-electron chi connectivity index (χ1n) is 12.3. The van der Waals surface area contributed by atoms with Crippen molar-refractivity contribution in [1.82, 2.24) is 0 Å². The Hall–Kier alpha value is -1.42. The second-order valence-electron chi connectivity index (χ2n) is 12.5. The van der Waals surface area contributed by atoms with Gasteiger partial charge in [-0.15, -0.1) is 0 Å². The summed E-state index contributed by atoms with van der Waals surface area (Å²) < 4.78 is 6.96. The van der Waals surface area contributed by atoms with Crippen molar-refractivity contribution in [2.75, 3.05) is 0 Å². The Bertz CT molecular complexity index is 922. The summed E-state index contributed by atoms with van der Waals surface area (Å²) in [5, 5.41) is 31.8. The van der Waals surface area contributed by atoms with Gasteiger partial charge in [-0.3, -0.25) is 0 Å². The summed E-state index contributed by atoms with van der Waals surface area (Å²) in [5.41, 5.74) is 1.44. The van der Waals surface area contributed by atoms with Crippen LogP contribution in [0.5, 0.6) is 17.2 Å². The minimum absolute atomic E-state index is 0.00258. The second kappa shape index (κ2) is 6.34. The molecule has 172 valence electrons. The largest absolute Gasteiger partial charge is 0.504 e. The Morgan fingerprint density at radius 2 is 1.68 bits per heavy atom. The minimum atomic E-state index is -0.359. The van der Waals surface area contributed by atoms with Crippen LogP contribution < -0.4 is 4.74 Å². The van der Waals surface area contributed by atoms with Gasteiger partial charge in [0.25, 0.3) is 0 Å². The predicted molar refractivity (Wildman–Crippen MR) is 121 cm³/mol. The number of ether oxygens (including phenoxy) is 1. The number of fused-ring (bicyclic) bond motifs is 5. The Morgan fingerprint density at radius 1 is 0.968 bits per heavy atom. The molecule has 1 aliphatic heterocycles. The predicted octanol–water partition coefficient (Wildman–Crippen LogP) is 5.73. The summed E-state index contributed by atoms with van der Waals surface area (Å²) in [6.45, 7) is 13.8. The molecule has 0 saturated heterocycles. The van der Waals surface area contributed by atoms with Crippen LogP contribution in [0.3, 0.4) is 0 Å². The zero-order valence-corrected chi connectivity index (χ0v) is 20.1. The number of phenols is 2. The first kappa shape index (κ1) is 21.4. The molecule has 0 amide bonds. The molecule has 4 heteroatoms. The van der Waals surface area contributed by atoms with E-state index in [1.807, 2.05) is 6.92 Å². The summed E-state index contributed by atoms with van der Waals surface area (Å²) in [5.74, 6) is 2.15. The van der Waals surface area contributed by atoms with Gasteiger partial charge in [-0.2, -0.15) is 0 Å². The van der Waals surface area contributed by atoms with E-state index >= 15 is 0 Å². The van der Waals surface area contributed by atoms with Crippen LogP contribution >= 0.6 is 0 Å². The molecule has 0 bridgehead atoms. The van der Waals surface area contributed by atoms with E-state index in [-0.39, 0.29) is 39.4 Å². The molecule has 1 aromatic carbocycles. The van der Waals surface area contributed by atoms with Gasteiger partial charge in [0.15, 0.2) is 11.5 Å². The highest BCUT2D eigenvalue weighted by molar-refractivity contribution is 5.59. The quantitative estimate of drug-likeness (QED) is 0.462. The van der Waals surface area contributed by atoms with Crippen molar-refractivity contribution in [3.8, 4) is 17.2 Å². The first-order valence-corrected chi connectivity index (χ1v) is 12.3. The van der Waals surface area contributed by atoms with E-state index in [0.717, 1.165) is 49.0 Å². The van der Waals surface area contributed by atoms with Crippen LogP contribution in [0.2, 0.25) is 0 Å². The Morgan fingerprint density at radius 3 is 2.39 bits per heavy atom. The van der Waals surface area contributed by atoms with Gasteiger partial charge >= 0.3 is 0 Å². The molecule has 1 heterocycles. The lowest BCUT2D eigenvalue weighted by Crippen LogP contribution is -2.68. The normalized spacial score (nSPS) is 45.5. The molecule has 31 heavy (non-hydrogen) atoms. The third-order valence-corrected chi connectivity index (χ3v) is 10.9. The second-order valence-corrected chi connectivity index (χ2v) is 12.5. The number of aromatic hydroxyl groups is 2. The number of aliphatic hydroxyl groups is 1. The highest BCUT2D eigenvalue weighted by atomic mass is 16.5. The van der Waals surface area contributed by atoms with E-state index in [1.165, 1.54) is 6.42 Å². The maximum absolute atomic E-state index is 10.8. The molecule has 3 aliphatic carbocycles. The van der Waals surface area contributed by atoms with Gasteiger partial charge in [-0.1, -0.05) is 34.6 Å². The van der Waals surface area contributed by atoms with Gasteiger partial charge in [0.2, 0.25) is 0 Å². The van der Waals surface area contributed by atoms with Crippen molar-refractivity contribution in [3.63, 3.8) is 0 Å². The monoisotopic (exact) mass is 428 g/mol. The summed E-state index contributed by atoms with van der Waals surface area (Å²) in [6, 6.07) is 1.63. The molecule has 4 aliphatic rings. The van der Waals surface area contributed by atoms with Crippen molar-refractivity contribution in [2.45, 2.75) is 98.2 Å². The lowest BCUT2D eigenvalue weighted by Gasteiger charge is -2.69. The van der Waals surface area contributed by atoms with Crippen molar-refractivity contribution >= 4 is 0 Å². The Balaban J connectivity index is 1.61. The molecule has 1 spiro atoms. The molecule has 4 unspecified atom stereocenters. The number of aliphatic hydroxyl groups excluding tert-OH is 1. The van der Waals surface area contributed by atoms with Crippen LogP contribution in [-0.2, 0) is 6.42 Å². The fourth-order valence-corrected chi connectivity index (χ4v) is 9.13. The van der Waals surface area contributed by atoms with Gasteiger partial charge in [0.05, 0.1) is 6.10 Å². The van der Waals surface area contributed by atoms with Crippen LogP contribution in [0.15, 0.2) is 6.07 Å². The maximum Gasteiger partial charge on any atom is 0.164 e. The zero-order valence-electron chi connectivity index (χ0n) is 20.1. The summed E-state index contributed by atoms with van der Waals surface area (Å²) in [4.78, 5) is 0. The number of hydrogen-bond acceptors (Lipinski definition) is 4. The molecular formula is C27H40O4. The molecular weight excluding hydrogens is 388 g/mol. The van der Waals surface area contributed by atoms with E-state index in [9.17, 15) is 15.3 Å². The number of rotatable bonds is 0. The zero-order chi connectivity index (χ0) is 22.6. The SMILES string of the molecule is Cc1cc(O)c(O)c2c1O[C@@]1(C2)[C@@H](C)CCC2C3(C)CCC(O)C(C)(C)[C@@H]3CCC21C. The molecule has 0 aromatic heterocycles. The highest BCUT2D eigenvalue weighted by Gasteiger charge is 2.70. The molecule has 4 nitrogen and oxygen atoms in total. The van der Waals surface area contributed by atoms with Crippen molar-refractivity contribution in [1.29, 1.82) is 0 Å². The van der Waals surface area contributed by atoms with Crippen LogP contribution in [0.25, 0.3) is 0 Å². The van der Waals surface area contributed by atoms with E-state index in [0.29, 0.717) is 24.2 Å². The standard InChI is InChI=1S/C27H40O4/c1-15-13-18(28)22(30)17-14-27(31-23(15)17)16(2)7-8-20-25(5)11-10-21(29)24(3,4)19(25)9-12-26(20,27)6/h13,16,19-21,28-30H,7-12,14H2,1-6H3/t16-,19-,20?,21?,25?,26?,27-/m0/s1. The maximum atomic E-state index is 10.8. The average Bonchev–Trinajstić information content (AvgIpc) is 3.11. The molecule has 0 radical (unpaired) electrons. The third-order valence-electron chi connectivity index (χ3n) is 10.9. The van der Waals surface area contributed by atoms with Crippen LogP contribution in [0.1, 0.15) is 84.3 Å². The van der Waals surface area contributed by atoms with E-state index < -0.39 is 0 Å².